The van der Waals surface area contributed by atoms with E-state index in [9.17, 15) is 9.59 Å². The van der Waals surface area contributed by atoms with Crippen LogP contribution in [-0.4, -0.2) is 11.6 Å². The van der Waals surface area contributed by atoms with Gasteiger partial charge in [-0.1, -0.05) is 54.1 Å². The summed E-state index contributed by atoms with van der Waals surface area (Å²) in [4.78, 5) is 24.5. The Bertz CT molecular complexity index is 775. The van der Waals surface area contributed by atoms with Gasteiger partial charge in [0.1, 0.15) is 0 Å². The van der Waals surface area contributed by atoms with Crippen molar-refractivity contribution in [2.45, 2.75) is 19.3 Å². The standard InChI is InChI=1S/C19H15ClO2/c20-15-6-3-5-14(12-15)18(21)10-11-19(22)17-9-8-13-4-1-2-7-16(13)17/h1-7,9,12H,8,10-11H2. The van der Waals surface area contributed by atoms with Crippen LogP contribution in [0.25, 0.3) is 5.57 Å². The van der Waals surface area contributed by atoms with E-state index in [1.165, 1.54) is 5.56 Å². The van der Waals surface area contributed by atoms with E-state index in [4.69, 9.17) is 11.6 Å². The van der Waals surface area contributed by atoms with Crippen molar-refractivity contribution in [2.24, 2.45) is 0 Å². The minimum absolute atomic E-state index is 0.0281. The topological polar surface area (TPSA) is 34.1 Å². The molecule has 0 radical (unpaired) electrons. The second-order valence-corrected chi connectivity index (χ2v) is 5.77. The van der Waals surface area contributed by atoms with E-state index >= 15 is 0 Å². The number of hydrogen-bond donors (Lipinski definition) is 0. The van der Waals surface area contributed by atoms with Crippen LogP contribution in [0.2, 0.25) is 5.02 Å². The molecular weight excluding hydrogens is 296 g/mol. The Hall–Kier alpha value is -2.19. The average Bonchev–Trinajstić information content (AvgIpc) is 2.96. The van der Waals surface area contributed by atoms with E-state index in [1.54, 1.807) is 24.3 Å². The highest BCUT2D eigenvalue weighted by atomic mass is 35.5. The first-order valence-electron chi connectivity index (χ1n) is 7.25. The Kier molecular flexibility index (Phi) is 4.21. The summed E-state index contributed by atoms with van der Waals surface area (Å²) in [5, 5.41) is 0.532. The Morgan fingerprint density at radius 3 is 2.55 bits per heavy atom. The van der Waals surface area contributed by atoms with Crippen LogP contribution in [0.4, 0.5) is 0 Å². The molecular formula is C19H15ClO2. The predicted octanol–water partition coefficient (Wildman–Crippen LogP) is 4.51. The molecule has 0 unspecified atom stereocenters. The Morgan fingerprint density at radius 2 is 1.73 bits per heavy atom. The highest BCUT2D eigenvalue weighted by molar-refractivity contribution is 6.31. The first-order valence-corrected chi connectivity index (χ1v) is 7.63. The zero-order valence-electron chi connectivity index (χ0n) is 12.0. The predicted molar refractivity (Wildman–Crippen MR) is 88.1 cm³/mol. The molecule has 2 nitrogen and oxygen atoms in total. The van der Waals surface area contributed by atoms with Gasteiger partial charge in [-0.05, 0) is 29.7 Å². The van der Waals surface area contributed by atoms with Gasteiger partial charge in [0.05, 0.1) is 0 Å². The van der Waals surface area contributed by atoms with Crippen molar-refractivity contribution in [2.75, 3.05) is 0 Å². The second-order valence-electron chi connectivity index (χ2n) is 5.34. The van der Waals surface area contributed by atoms with E-state index in [-0.39, 0.29) is 24.4 Å². The molecule has 0 amide bonds. The van der Waals surface area contributed by atoms with E-state index < -0.39 is 0 Å². The Balaban J connectivity index is 1.65. The van der Waals surface area contributed by atoms with Crippen molar-refractivity contribution in [3.63, 3.8) is 0 Å². The van der Waals surface area contributed by atoms with Crippen molar-refractivity contribution in [3.8, 4) is 0 Å². The quantitative estimate of drug-likeness (QED) is 0.761. The highest BCUT2D eigenvalue weighted by Gasteiger charge is 2.20. The number of Topliss-reactive ketones (excluding diaryl/α,β-unsaturated/α-hetero) is 2. The molecule has 0 saturated carbocycles. The first kappa shape index (κ1) is 14.7. The summed E-state index contributed by atoms with van der Waals surface area (Å²) >= 11 is 5.88. The third kappa shape index (κ3) is 3.02. The highest BCUT2D eigenvalue weighted by Crippen LogP contribution is 2.29. The zero-order valence-corrected chi connectivity index (χ0v) is 12.8. The fourth-order valence-electron chi connectivity index (χ4n) is 2.72. The molecule has 0 saturated heterocycles. The van der Waals surface area contributed by atoms with Crippen molar-refractivity contribution in [1.29, 1.82) is 0 Å². The molecule has 110 valence electrons. The van der Waals surface area contributed by atoms with Gasteiger partial charge in [0.25, 0.3) is 0 Å². The Labute approximate surface area is 134 Å². The number of ketones is 2. The third-order valence-electron chi connectivity index (χ3n) is 3.86. The van der Waals surface area contributed by atoms with Crippen molar-refractivity contribution in [3.05, 3.63) is 76.3 Å². The lowest BCUT2D eigenvalue weighted by atomic mass is 9.98. The SMILES string of the molecule is O=C(CCC(=O)c1cccc(Cl)c1)C1=CCc2ccccc21. The number of rotatable bonds is 5. The van der Waals surface area contributed by atoms with E-state index in [0.29, 0.717) is 10.6 Å². The monoisotopic (exact) mass is 310 g/mol. The molecule has 3 heteroatoms. The maximum Gasteiger partial charge on any atom is 0.163 e. The summed E-state index contributed by atoms with van der Waals surface area (Å²) < 4.78 is 0. The molecule has 2 aromatic carbocycles. The van der Waals surface area contributed by atoms with Gasteiger partial charge in [-0.15, -0.1) is 0 Å². The molecule has 0 heterocycles. The van der Waals surface area contributed by atoms with E-state index in [2.05, 4.69) is 0 Å². The fraction of sp³-hybridized carbons (Fsp3) is 0.158. The molecule has 0 bridgehead atoms. The summed E-state index contributed by atoms with van der Waals surface area (Å²) in [5.41, 5.74) is 3.48. The van der Waals surface area contributed by atoms with Gasteiger partial charge in [-0.25, -0.2) is 0 Å². The van der Waals surface area contributed by atoms with Crippen LogP contribution >= 0.6 is 11.6 Å². The molecule has 0 aliphatic heterocycles. The molecule has 0 spiro atoms. The number of benzene rings is 2. The normalized spacial score (nSPS) is 12.7. The van der Waals surface area contributed by atoms with Crippen molar-refractivity contribution < 1.29 is 9.59 Å². The number of fused-ring (bicyclic) bond motifs is 1. The summed E-state index contributed by atoms with van der Waals surface area (Å²) in [6, 6.07) is 14.7. The Morgan fingerprint density at radius 1 is 0.955 bits per heavy atom. The largest absolute Gasteiger partial charge is 0.294 e. The molecule has 0 atom stereocenters. The van der Waals surface area contributed by atoms with Gasteiger partial charge in [0.15, 0.2) is 11.6 Å². The van der Waals surface area contributed by atoms with Crippen LogP contribution in [0.1, 0.15) is 34.3 Å². The lowest BCUT2D eigenvalue weighted by Crippen LogP contribution is -2.06. The zero-order chi connectivity index (χ0) is 15.5. The van der Waals surface area contributed by atoms with Gasteiger partial charge in [0.2, 0.25) is 0 Å². The average molecular weight is 311 g/mol. The van der Waals surface area contributed by atoms with E-state index in [1.807, 2.05) is 30.3 Å². The van der Waals surface area contributed by atoms with Crippen molar-refractivity contribution >= 4 is 28.7 Å². The fourth-order valence-corrected chi connectivity index (χ4v) is 2.91. The molecule has 0 aromatic heterocycles. The molecule has 3 rings (SSSR count). The first-order chi connectivity index (χ1) is 10.6. The summed E-state index contributed by atoms with van der Waals surface area (Å²) in [6.07, 6.45) is 3.18. The van der Waals surface area contributed by atoms with Gasteiger partial charge in [-0.3, -0.25) is 9.59 Å². The molecule has 1 aliphatic carbocycles. The van der Waals surface area contributed by atoms with Crippen LogP contribution in [-0.2, 0) is 11.2 Å². The lowest BCUT2D eigenvalue weighted by molar-refractivity contribution is -0.113. The van der Waals surface area contributed by atoms with Crippen LogP contribution in [0.15, 0.2) is 54.6 Å². The number of carbonyl (C=O) groups excluding carboxylic acids is 2. The van der Waals surface area contributed by atoms with Gasteiger partial charge < -0.3 is 0 Å². The minimum Gasteiger partial charge on any atom is -0.294 e. The van der Waals surface area contributed by atoms with Crippen LogP contribution in [0, 0.1) is 0 Å². The maximum atomic E-state index is 12.4. The van der Waals surface area contributed by atoms with Gasteiger partial charge in [0, 0.05) is 29.0 Å². The smallest absolute Gasteiger partial charge is 0.163 e. The van der Waals surface area contributed by atoms with Gasteiger partial charge in [-0.2, -0.15) is 0 Å². The summed E-state index contributed by atoms with van der Waals surface area (Å²) in [5.74, 6) is -0.0249. The van der Waals surface area contributed by atoms with Crippen LogP contribution in [0.5, 0.6) is 0 Å². The lowest BCUT2D eigenvalue weighted by Gasteiger charge is -2.05. The maximum absolute atomic E-state index is 12.4. The van der Waals surface area contributed by atoms with Crippen LogP contribution in [0.3, 0.4) is 0 Å². The molecule has 2 aromatic rings. The third-order valence-corrected chi connectivity index (χ3v) is 4.09. The van der Waals surface area contributed by atoms with Gasteiger partial charge >= 0.3 is 0 Å². The van der Waals surface area contributed by atoms with E-state index in [0.717, 1.165) is 17.6 Å². The number of hydrogen-bond acceptors (Lipinski definition) is 2. The number of carbonyl (C=O) groups is 2. The minimum atomic E-state index is -0.0530. The molecule has 0 N–H and O–H groups in total. The number of halogens is 1. The summed E-state index contributed by atoms with van der Waals surface area (Å²) in [6.45, 7) is 0. The molecule has 1 aliphatic rings. The molecule has 0 fully saturated rings. The van der Waals surface area contributed by atoms with Crippen molar-refractivity contribution in [1.82, 2.24) is 0 Å². The molecule has 22 heavy (non-hydrogen) atoms. The second kappa shape index (κ2) is 6.29. The summed E-state index contributed by atoms with van der Waals surface area (Å²) in [7, 11) is 0. The van der Waals surface area contributed by atoms with Crippen LogP contribution < -0.4 is 0 Å². The number of allylic oxidation sites excluding steroid dienone is 2.